The van der Waals surface area contributed by atoms with Crippen LogP contribution in [0, 0.1) is 17.0 Å². The molecule has 0 saturated carbocycles. The highest BCUT2D eigenvalue weighted by Gasteiger charge is 2.15. The third-order valence-electron chi connectivity index (χ3n) is 2.53. The molecule has 0 bridgehead atoms. The number of carbonyl (C=O) groups is 1. The molecule has 0 aliphatic rings. The number of hydrogen-bond donors (Lipinski definition) is 2. The molecule has 2 aromatic rings. The Labute approximate surface area is 117 Å². The fourth-order valence-corrected chi connectivity index (χ4v) is 1.79. The van der Waals surface area contributed by atoms with Crippen molar-refractivity contribution in [3.63, 3.8) is 0 Å². The number of anilines is 1. The SMILES string of the molecule is Cc1cc(NC(=O)c2ccc([N+](=O)[O-])[nH]2)ccc1Br. The van der Waals surface area contributed by atoms with Crippen LogP contribution in [-0.4, -0.2) is 15.8 Å². The van der Waals surface area contributed by atoms with Crippen LogP contribution in [0.5, 0.6) is 0 Å². The van der Waals surface area contributed by atoms with E-state index in [4.69, 9.17) is 0 Å². The number of benzene rings is 1. The number of aryl methyl sites for hydroxylation is 1. The molecule has 2 N–H and O–H groups in total. The lowest BCUT2D eigenvalue weighted by atomic mass is 10.2. The van der Waals surface area contributed by atoms with Crippen LogP contribution >= 0.6 is 15.9 Å². The van der Waals surface area contributed by atoms with Crippen molar-refractivity contribution in [1.82, 2.24) is 4.98 Å². The van der Waals surface area contributed by atoms with Crippen molar-refractivity contribution in [2.75, 3.05) is 5.32 Å². The van der Waals surface area contributed by atoms with Crippen molar-refractivity contribution in [1.29, 1.82) is 0 Å². The summed E-state index contributed by atoms with van der Waals surface area (Å²) in [6, 6.07) is 7.99. The zero-order valence-electron chi connectivity index (χ0n) is 9.94. The van der Waals surface area contributed by atoms with Crippen molar-refractivity contribution in [3.05, 3.63) is 56.2 Å². The molecule has 0 saturated heterocycles. The van der Waals surface area contributed by atoms with Crippen LogP contribution in [0.2, 0.25) is 0 Å². The Morgan fingerprint density at radius 1 is 1.37 bits per heavy atom. The van der Waals surface area contributed by atoms with Crippen LogP contribution in [0.15, 0.2) is 34.8 Å². The molecule has 0 atom stereocenters. The maximum atomic E-state index is 11.9. The first-order chi connectivity index (χ1) is 8.97. The molecule has 0 fully saturated rings. The molecule has 6 nitrogen and oxygen atoms in total. The standard InChI is InChI=1S/C12H10BrN3O3/c1-7-6-8(2-3-9(7)13)14-12(17)10-4-5-11(15-10)16(18)19/h2-6,15H,1H3,(H,14,17). The zero-order valence-corrected chi connectivity index (χ0v) is 11.5. The number of hydrogen-bond acceptors (Lipinski definition) is 3. The molecular weight excluding hydrogens is 314 g/mol. The Morgan fingerprint density at radius 3 is 2.68 bits per heavy atom. The first-order valence-electron chi connectivity index (χ1n) is 5.38. The maximum Gasteiger partial charge on any atom is 0.321 e. The van der Waals surface area contributed by atoms with Gasteiger partial charge in [0.2, 0.25) is 0 Å². The summed E-state index contributed by atoms with van der Waals surface area (Å²) < 4.78 is 0.945. The van der Waals surface area contributed by atoms with E-state index in [0.717, 1.165) is 10.0 Å². The van der Waals surface area contributed by atoms with Gasteiger partial charge in [-0.25, -0.2) is 4.98 Å². The zero-order chi connectivity index (χ0) is 14.0. The van der Waals surface area contributed by atoms with Gasteiger partial charge >= 0.3 is 5.82 Å². The fourth-order valence-electron chi connectivity index (χ4n) is 1.54. The molecule has 1 heterocycles. The summed E-state index contributed by atoms with van der Waals surface area (Å²) in [5.74, 6) is -0.632. The maximum absolute atomic E-state index is 11.9. The van der Waals surface area contributed by atoms with Crippen molar-refractivity contribution < 1.29 is 9.72 Å². The molecule has 0 radical (unpaired) electrons. The smallest absolute Gasteiger partial charge is 0.321 e. The highest BCUT2D eigenvalue weighted by atomic mass is 79.9. The van der Waals surface area contributed by atoms with Gasteiger partial charge < -0.3 is 15.4 Å². The predicted octanol–water partition coefficient (Wildman–Crippen LogP) is 3.25. The van der Waals surface area contributed by atoms with Gasteiger partial charge in [-0.15, -0.1) is 0 Å². The van der Waals surface area contributed by atoms with E-state index in [9.17, 15) is 14.9 Å². The number of rotatable bonds is 3. The van der Waals surface area contributed by atoms with E-state index in [1.54, 1.807) is 12.1 Å². The summed E-state index contributed by atoms with van der Waals surface area (Å²) in [6.45, 7) is 1.90. The molecule has 7 heteroatoms. The highest BCUT2D eigenvalue weighted by molar-refractivity contribution is 9.10. The van der Waals surface area contributed by atoms with E-state index >= 15 is 0 Å². The normalized spacial score (nSPS) is 10.2. The van der Waals surface area contributed by atoms with E-state index in [-0.39, 0.29) is 11.5 Å². The summed E-state index contributed by atoms with van der Waals surface area (Å²) in [5, 5.41) is 13.2. The second-order valence-electron chi connectivity index (χ2n) is 3.93. The van der Waals surface area contributed by atoms with Crippen molar-refractivity contribution in [3.8, 4) is 0 Å². The first-order valence-corrected chi connectivity index (χ1v) is 6.17. The van der Waals surface area contributed by atoms with Crippen LogP contribution in [0.1, 0.15) is 16.1 Å². The van der Waals surface area contributed by atoms with Crippen LogP contribution in [0.4, 0.5) is 11.5 Å². The van der Waals surface area contributed by atoms with Crippen molar-refractivity contribution >= 4 is 33.3 Å². The van der Waals surface area contributed by atoms with Crippen LogP contribution in [0.3, 0.4) is 0 Å². The second-order valence-corrected chi connectivity index (χ2v) is 4.79. The second kappa shape index (κ2) is 5.23. The minimum Gasteiger partial charge on any atom is -0.358 e. The van der Waals surface area contributed by atoms with Crippen LogP contribution < -0.4 is 5.32 Å². The van der Waals surface area contributed by atoms with Gasteiger partial charge in [0.1, 0.15) is 0 Å². The molecule has 0 aliphatic carbocycles. The van der Waals surface area contributed by atoms with E-state index in [1.807, 2.05) is 13.0 Å². The number of nitrogens with zero attached hydrogens (tertiary/aromatic N) is 1. The first kappa shape index (κ1) is 13.3. The van der Waals surface area contributed by atoms with E-state index < -0.39 is 10.8 Å². The number of halogens is 1. The van der Waals surface area contributed by atoms with E-state index in [1.165, 1.54) is 12.1 Å². The minimum absolute atomic E-state index is 0.146. The highest BCUT2D eigenvalue weighted by Crippen LogP contribution is 2.20. The number of nitro groups is 1. The number of nitrogens with one attached hydrogen (secondary N) is 2. The average Bonchev–Trinajstić information content (AvgIpc) is 2.83. The number of amides is 1. The summed E-state index contributed by atoms with van der Waals surface area (Å²) in [7, 11) is 0. The van der Waals surface area contributed by atoms with Gasteiger partial charge in [-0.1, -0.05) is 15.9 Å². The average molecular weight is 324 g/mol. The quantitative estimate of drug-likeness (QED) is 0.671. The van der Waals surface area contributed by atoms with Crippen LogP contribution in [0.25, 0.3) is 0 Å². The molecular formula is C12H10BrN3O3. The lowest BCUT2D eigenvalue weighted by Crippen LogP contribution is -2.12. The molecule has 0 unspecified atom stereocenters. The summed E-state index contributed by atoms with van der Waals surface area (Å²) in [5.41, 5.74) is 1.76. The summed E-state index contributed by atoms with van der Waals surface area (Å²) >= 11 is 3.37. The summed E-state index contributed by atoms with van der Waals surface area (Å²) in [4.78, 5) is 24.2. The van der Waals surface area contributed by atoms with Crippen LogP contribution in [-0.2, 0) is 0 Å². The van der Waals surface area contributed by atoms with Gasteiger partial charge in [-0.3, -0.25) is 4.79 Å². The Balaban J connectivity index is 2.15. The Morgan fingerprint density at radius 2 is 2.11 bits per heavy atom. The van der Waals surface area contributed by atoms with E-state index in [0.29, 0.717) is 5.69 Å². The Bertz CT molecular complexity index is 651. The van der Waals surface area contributed by atoms with Gasteiger partial charge in [0.15, 0.2) is 5.69 Å². The molecule has 1 amide bonds. The molecule has 1 aromatic heterocycles. The van der Waals surface area contributed by atoms with Gasteiger partial charge in [0.05, 0.1) is 0 Å². The van der Waals surface area contributed by atoms with E-state index in [2.05, 4.69) is 26.2 Å². The fraction of sp³-hybridized carbons (Fsp3) is 0.0833. The molecule has 2 rings (SSSR count). The largest absolute Gasteiger partial charge is 0.358 e. The predicted molar refractivity (Wildman–Crippen MR) is 74.3 cm³/mol. The number of aromatic nitrogens is 1. The Kier molecular flexibility index (Phi) is 3.66. The van der Waals surface area contributed by atoms with Gasteiger partial charge in [-0.2, -0.15) is 0 Å². The Hall–Kier alpha value is -2.15. The lowest BCUT2D eigenvalue weighted by molar-refractivity contribution is -0.389. The molecule has 19 heavy (non-hydrogen) atoms. The molecule has 1 aromatic carbocycles. The molecule has 0 aliphatic heterocycles. The number of H-pyrrole nitrogens is 1. The van der Waals surface area contributed by atoms with Crippen molar-refractivity contribution in [2.24, 2.45) is 0 Å². The molecule has 0 spiro atoms. The monoisotopic (exact) mass is 323 g/mol. The number of carbonyl (C=O) groups excluding carboxylic acids is 1. The minimum atomic E-state index is -0.583. The third kappa shape index (κ3) is 3.00. The third-order valence-corrected chi connectivity index (χ3v) is 3.42. The number of aromatic amines is 1. The van der Waals surface area contributed by atoms with Gasteiger partial charge in [0.25, 0.3) is 5.91 Å². The topological polar surface area (TPSA) is 88.0 Å². The summed E-state index contributed by atoms with van der Waals surface area (Å²) in [6.07, 6.45) is 0. The van der Waals surface area contributed by atoms with Gasteiger partial charge in [0, 0.05) is 16.2 Å². The van der Waals surface area contributed by atoms with Gasteiger partial charge in [-0.05, 0) is 41.7 Å². The molecule has 98 valence electrons. The lowest BCUT2D eigenvalue weighted by Gasteiger charge is -2.04. The van der Waals surface area contributed by atoms with Crippen molar-refractivity contribution in [2.45, 2.75) is 6.92 Å².